The molecule has 0 saturated carbocycles. The molecule has 0 aromatic heterocycles. The minimum Gasteiger partial charge on any atom is -0.478 e. The first-order valence-corrected chi connectivity index (χ1v) is 4.65. The normalized spacial score (nSPS) is 10.9. The summed E-state index contributed by atoms with van der Waals surface area (Å²) in [5, 5.41) is 18.9. The zero-order valence-electron chi connectivity index (χ0n) is 9.05. The van der Waals surface area contributed by atoms with Crippen LogP contribution in [0.4, 0.5) is 18.9 Å². The summed E-state index contributed by atoms with van der Waals surface area (Å²) in [6.07, 6.45) is 1.21. The van der Waals surface area contributed by atoms with Gasteiger partial charge in [-0.15, -0.1) is 0 Å². The Bertz CT molecular complexity index is 544. The summed E-state index contributed by atoms with van der Waals surface area (Å²) in [4.78, 5) is 19.9. The lowest BCUT2D eigenvalue weighted by molar-refractivity contribution is -0.385. The van der Waals surface area contributed by atoms with Crippen molar-refractivity contribution in [2.45, 2.75) is 6.61 Å². The van der Waals surface area contributed by atoms with Gasteiger partial charge in [0.25, 0.3) is 5.69 Å². The number of benzene rings is 1. The second kappa shape index (κ2) is 5.85. The molecule has 0 heterocycles. The van der Waals surface area contributed by atoms with E-state index in [1.165, 1.54) is 0 Å². The Balaban J connectivity index is 3.32. The number of carbonyl (C=O) groups is 1. The highest BCUT2D eigenvalue weighted by molar-refractivity contribution is 5.85. The van der Waals surface area contributed by atoms with Gasteiger partial charge in [0.15, 0.2) is 11.6 Å². The number of nitro benzene ring substituents is 1. The predicted molar refractivity (Wildman–Crippen MR) is 56.4 cm³/mol. The third kappa shape index (κ3) is 3.98. The molecule has 1 rings (SSSR count). The maximum atomic E-state index is 13.6. The maximum Gasteiger partial charge on any atom is 0.387 e. The van der Waals surface area contributed by atoms with E-state index in [9.17, 15) is 28.1 Å². The lowest BCUT2D eigenvalue weighted by atomic mass is 10.1. The average Bonchev–Trinajstić information content (AvgIpc) is 2.29. The van der Waals surface area contributed by atoms with E-state index in [2.05, 4.69) is 4.74 Å². The number of carboxylic acid groups (broad SMARTS) is 1. The second-order valence-electron chi connectivity index (χ2n) is 3.15. The van der Waals surface area contributed by atoms with Gasteiger partial charge in [0.05, 0.1) is 11.0 Å². The molecule has 0 aliphatic rings. The number of non-ortho nitro benzene ring substituents is 1. The molecule has 0 bridgehead atoms. The first kappa shape index (κ1) is 14.5. The third-order valence-corrected chi connectivity index (χ3v) is 1.88. The Morgan fingerprint density at radius 1 is 1.47 bits per heavy atom. The highest BCUT2D eigenvalue weighted by Crippen LogP contribution is 2.29. The van der Waals surface area contributed by atoms with Crippen LogP contribution in [0, 0.1) is 15.9 Å². The minimum absolute atomic E-state index is 0.486. The monoisotopic (exact) mass is 277 g/mol. The predicted octanol–water partition coefficient (Wildman–Crippen LogP) is 2.43. The minimum atomic E-state index is -3.37. The molecular formula is C10H6F3NO5. The van der Waals surface area contributed by atoms with E-state index < -0.39 is 40.3 Å². The van der Waals surface area contributed by atoms with Crippen LogP contribution < -0.4 is 4.74 Å². The molecule has 0 aliphatic carbocycles. The zero-order valence-corrected chi connectivity index (χ0v) is 9.05. The lowest BCUT2D eigenvalue weighted by Crippen LogP contribution is -2.05. The maximum absolute atomic E-state index is 13.6. The molecule has 0 atom stereocenters. The number of hydrogen-bond donors (Lipinski definition) is 1. The number of halogens is 3. The highest BCUT2D eigenvalue weighted by Gasteiger charge is 2.19. The van der Waals surface area contributed by atoms with Gasteiger partial charge >= 0.3 is 12.6 Å². The molecule has 0 amide bonds. The lowest BCUT2D eigenvalue weighted by Gasteiger charge is -2.07. The van der Waals surface area contributed by atoms with Gasteiger partial charge in [0.1, 0.15) is 0 Å². The second-order valence-corrected chi connectivity index (χ2v) is 3.15. The van der Waals surface area contributed by atoms with Crippen LogP contribution in [0.2, 0.25) is 0 Å². The van der Waals surface area contributed by atoms with E-state index >= 15 is 0 Å². The van der Waals surface area contributed by atoms with Crippen molar-refractivity contribution in [2.75, 3.05) is 0 Å². The summed E-state index contributed by atoms with van der Waals surface area (Å²) in [6, 6.07) is 1.19. The Morgan fingerprint density at radius 3 is 2.58 bits per heavy atom. The quantitative estimate of drug-likeness (QED) is 0.507. The molecule has 0 fully saturated rings. The molecule has 1 aromatic rings. The standard InChI is InChI=1S/C10H6F3NO5/c11-9-5(1-2-8(15)16)3-6(14(17)18)4-7(9)19-10(12)13/h1-4,10H,(H,15,16)/b2-1+. The largest absolute Gasteiger partial charge is 0.478 e. The molecule has 102 valence electrons. The summed E-state index contributed by atoms with van der Waals surface area (Å²) in [7, 11) is 0. The summed E-state index contributed by atoms with van der Waals surface area (Å²) in [5.41, 5.74) is -1.26. The Morgan fingerprint density at radius 2 is 2.11 bits per heavy atom. The van der Waals surface area contributed by atoms with Crippen molar-refractivity contribution in [3.63, 3.8) is 0 Å². The van der Waals surface area contributed by atoms with Crippen LogP contribution in [0.25, 0.3) is 6.08 Å². The van der Waals surface area contributed by atoms with Crippen molar-refractivity contribution in [2.24, 2.45) is 0 Å². The van der Waals surface area contributed by atoms with E-state index in [1.54, 1.807) is 0 Å². The first-order chi connectivity index (χ1) is 8.81. The topological polar surface area (TPSA) is 89.7 Å². The number of hydrogen-bond acceptors (Lipinski definition) is 4. The molecule has 0 unspecified atom stereocenters. The molecule has 1 aromatic carbocycles. The van der Waals surface area contributed by atoms with Gasteiger partial charge in [-0.1, -0.05) is 0 Å². The summed E-state index contributed by atoms with van der Waals surface area (Å²) in [5.74, 6) is -3.78. The van der Waals surface area contributed by atoms with Crippen molar-refractivity contribution < 1.29 is 32.7 Å². The Hall–Kier alpha value is -2.58. The number of rotatable bonds is 5. The smallest absolute Gasteiger partial charge is 0.387 e. The molecule has 9 heteroatoms. The van der Waals surface area contributed by atoms with Crippen LogP contribution in [0.15, 0.2) is 18.2 Å². The number of nitrogens with zero attached hydrogens (tertiary/aromatic N) is 1. The summed E-state index contributed by atoms with van der Waals surface area (Å²) in [6.45, 7) is -3.37. The third-order valence-electron chi connectivity index (χ3n) is 1.88. The van der Waals surface area contributed by atoms with Gasteiger partial charge in [-0.05, 0) is 6.08 Å². The number of aliphatic carboxylic acids is 1. The van der Waals surface area contributed by atoms with E-state index in [0.29, 0.717) is 24.3 Å². The Labute approximate surface area is 103 Å². The fraction of sp³-hybridized carbons (Fsp3) is 0.100. The van der Waals surface area contributed by atoms with Gasteiger partial charge in [-0.2, -0.15) is 8.78 Å². The fourth-order valence-electron chi connectivity index (χ4n) is 1.17. The number of ether oxygens (including phenoxy) is 1. The SMILES string of the molecule is O=C(O)/C=C/c1cc([N+](=O)[O-])cc(OC(F)F)c1F. The van der Waals surface area contributed by atoms with Crippen LogP contribution >= 0.6 is 0 Å². The van der Waals surface area contributed by atoms with Crippen LogP contribution in [0.1, 0.15) is 5.56 Å². The van der Waals surface area contributed by atoms with E-state index in [4.69, 9.17) is 5.11 Å². The molecule has 19 heavy (non-hydrogen) atoms. The van der Waals surface area contributed by atoms with Crippen molar-refractivity contribution in [1.82, 2.24) is 0 Å². The first-order valence-electron chi connectivity index (χ1n) is 4.65. The summed E-state index contributed by atoms with van der Waals surface area (Å²) >= 11 is 0. The number of nitro groups is 1. The van der Waals surface area contributed by atoms with Crippen molar-refractivity contribution in [3.05, 3.63) is 39.7 Å². The van der Waals surface area contributed by atoms with Gasteiger partial charge in [-0.25, -0.2) is 9.18 Å². The van der Waals surface area contributed by atoms with Crippen molar-refractivity contribution >= 4 is 17.7 Å². The van der Waals surface area contributed by atoms with E-state index in [0.717, 1.165) is 0 Å². The van der Waals surface area contributed by atoms with E-state index in [1.807, 2.05) is 0 Å². The molecular weight excluding hydrogens is 271 g/mol. The van der Waals surface area contributed by atoms with Crippen molar-refractivity contribution in [1.29, 1.82) is 0 Å². The molecule has 0 radical (unpaired) electrons. The Kier molecular flexibility index (Phi) is 4.46. The molecule has 0 aliphatic heterocycles. The van der Waals surface area contributed by atoms with Gasteiger partial charge in [0, 0.05) is 17.7 Å². The number of carboxylic acids is 1. The van der Waals surface area contributed by atoms with Gasteiger partial charge < -0.3 is 9.84 Å². The van der Waals surface area contributed by atoms with Gasteiger partial charge in [-0.3, -0.25) is 10.1 Å². The zero-order chi connectivity index (χ0) is 14.6. The van der Waals surface area contributed by atoms with Crippen LogP contribution in [-0.2, 0) is 4.79 Å². The highest BCUT2D eigenvalue weighted by atomic mass is 19.3. The van der Waals surface area contributed by atoms with Crippen molar-refractivity contribution in [3.8, 4) is 5.75 Å². The molecule has 6 nitrogen and oxygen atoms in total. The molecule has 0 spiro atoms. The van der Waals surface area contributed by atoms with Crippen LogP contribution in [-0.4, -0.2) is 22.6 Å². The summed E-state index contributed by atoms with van der Waals surface area (Å²) < 4.78 is 41.4. The molecule has 1 N–H and O–H groups in total. The van der Waals surface area contributed by atoms with Crippen LogP contribution in [0.3, 0.4) is 0 Å². The van der Waals surface area contributed by atoms with Gasteiger partial charge in [0.2, 0.25) is 0 Å². The average molecular weight is 277 g/mol. The fourth-order valence-corrected chi connectivity index (χ4v) is 1.17. The number of alkyl halides is 2. The molecule has 0 saturated heterocycles. The van der Waals surface area contributed by atoms with E-state index in [-0.39, 0.29) is 0 Å². The van der Waals surface area contributed by atoms with Crippen LogP contribution in [0.5, 0.6) is 5.75 Å².